The molecule has 0 saturated carbocycles. The van der Waals surface area contributed by atoms with Crippen LogP contribution in [0.2, 0.25) is 0 Å². The third-order valence-electron chi connectivity index (χ3n) is 6.33. The van der Waals surface area contributed by atoms with Crippen LogP contribution in [-0.2, 0) is 4.79 Å². The van der Waals surface area contributed by atoms with E-state index in [1.807, 2.05) is 4.90 Å². The number of nitrogens with zero attached hydrogens (tertiary/aromatic N) is 5. The first-order valence-electron chi connectivity index (χ1n) is 10.2. The van der Waals surface area contributed by atoms with Crippen molar-refractivity contribution in [1.29, 1.82) is 0 Å². The molecule has 0 aromatic heterocycles. The largest absolute Gasteiger partial charge is 0.340 e. The van der Waals surface area contributed by atoms with Crippen molar-refractivity contribution in [2.75, 3.05) is 39.3 Å². The summed E-state index contributed by atoms with van der Waals surface area (Å²) < 4.78 is 0. The van der Waals surface area contributed by atoms with E-state index in [-0.39, 0.29) is 11.6 Å². The lowest BCUT2D eigenvalue weighted by molar-refractivity contribution is -0.133. The fourth-order valence-corrected chi connectivity index (χ4v) is 4.30. The maximum atomic E-state index is 12.5. The normalized spacial score (nSPS) is 28.3. The number of terminal acetylenes is 1. The predicted octanol–water partition coefficient (Wildman–Crippen LogP) is 2.36. The molecule has 0 aliphatic carbocycles. The van der Waals surface area contributed by atoms with Gasteiger partial charge in [-0.1, -0.05) is 0 Å². The molecule has 3 aliphatic rings. The summed E-state index contributed by atoms with van der Waals surface area (Å²) in [6.07, 6.45) is 10.6. The Bertz CT molecular complexity index is 545. The molecule has 26 heavy (non-hydrogen) atoms. The Labute approximate surface area is 158 Å². The number of hydrogen-bond acceptors (Lipinski definition) is 5. The van der Waals surface area contributed by atoms with Gasteiger partial charge in [-0.25, -0.2) is 0 Å². The summed E-state index contributed by atoms with van der Waals surface area (Å²) in [5.41, 5.74) is -0.340. The first-order chi connectivity index (χ1) is 12.5. The van der Waals surface area contributed by atoms with E-state index in [1.165, 1.54) is 12.8 Å². The standard InChI is InChI=1S/C20H33N5O/c1-4-5-9-20(21-22-20)10-8-19(26)24-14-11-23(12-15-24)13-16-25-17(2)6-7-18(25)3/h1,17-18H,5-16H2,2-3H3. The lowest BCUT2D eigenvalue weighted by Gasteiger charge is -2.36. The summed E-state index contributed by atoms with van der Waals surface area (Å²) >= 11 is 0. The molecule has 144 valence electrons. The van der Waals surface area contributed by atoms with Crippen LogP contribution in [0.25, 0.3) is 0 Å². The van der Waals surface area contributed by atoms with Crippen LogP contribution in [0.1, 0.15) is 52.4 Å². The van der Waals surface area contributed by atoms with Crippen molar-refractivity contribution >= 4 is 5.91 Å². The monoisotopic (exact) mass is 359 g/mol. The van der Waals surface area contributed by atoms with Crippen molar-refractivity contribution in [2.24, 2.45) is 10.2 Å². The lowest BCUT2D eigenvalue weighted by atomic mass is 10.0. The molecule has 3 rings (SSSR count). The Hall–Kier alpha value is -1.45. The zero-order chi connectivity index (χ0) is 18.6. The molecule has 0 bridgehead atoms. The topological polar surface area (TPSA) is 51.5 Å². The van der Waals surface area contributed by atoms with Crippen molar-refractivity contribution in [3.05, 3.63) is 0 Å². The Morgan fingerprint density at radius 3 is 2.31 bits per heavy atom. The molecule has 2 saturated heterocycles. The second-order valence-corrected chi connectivity index (χ2v) is 8.12. The molecular formula is C20H33N5O. The number of hydrogen-bond donors (Lipinski definition) is 0. The summed E-state index contributed by atoms with van der Waals surface area (Å²) in [5, 5.41) is 8.24. The van der Waals surface area contributed by atoms with Crippen molar-refractivity contribution in [2.45, 2.75) is 70.1 Å². The van der Waals surface area contributed by atoms with Gasteiger partial charge < -0.3 is 4.90 Å². The summed E-state index contributed by atoms with van der Waals surface area (Å²) in [7, 11) is 0. The van der Waals surface area contributed by atoms with Gasteiger partial charge in [0.2, 0.25) is 5.91 Å². The molecule has 0 spiro atoms. The van der Waals surface area contributed by atoms with E-state index in [0.717, 1.165) is 45.7 Å². The number of amides is 1. The smallest absolute Gasteiger partial charge is 0.222 e. The number of carbonyl (C=O) groups is 1. The van der Waals surface area contributed by atoms with Crippen molar-refractivity contribution < 1.29 is 4.79 Å². The van der Waals surface area contributed by atoms with Crippen LogP contribution in [0, 0.1) is 12.3 Å². The van der Waals surface area contributed by atoms with Gasteiger partial charge in [0.1, 0.15) is 0 Å². The molecule has 3 heterocycles. The van der Waals surface area contributed by atoms with E-state index < -0.39 is 0 Å². The van der Waals surface area contributed by atoms with Crippen molar-refractivity contribution in [3.8, 4) is 12.3 Å². The quantitative estimate of drug-likeness (QED) is 0.625. The fraction of sp³-hybridized carbons (Fsp3) is 0.850. The molecule has 2 unspecified atom stereocenters. The third-order valence-corrected chi connectivity index (χ3v) is 6.33. The van der Waals surface area contributed by atoms with Crippen LogP contribution >= 0.6 is 0 Å². The van der Waals surface area contributed by atoms with Crippen LogP contribution in [0.4, 0.5) is 0 Å². The Kier molecular flexibility index (Phi) is 6.31. The molecule has 0 N–H and O–H groups in total. The van der Waals surface area contributed by atoms with Gasteiger partial charge in [-0.15, -0.1) is 12.3 Å². The highest BCUT2D eigenvalue weighted by Gasteiger charge is 2.39. The van der Waals surface area contributed by atoms with Crippen molar-refractivity contribution in [1.82, 2.24) is 14.7 Å². The van der Waals surface area contributed by atoms with E-state index >= 15 is 0 Å². The summed E-state index contributed by atoms with van der Waals surface area (Å²) in [6.45, 7) is 10.6. The van der Waals surface area contributed by atoms with E-state index in [1.54, 1.807) is 0 Å². The molecule has 6 heteroatoms. The highest BCUT2D eigenvalue weighted by molar-refractivity contribution is 5.76. The second kappa shape index (κ2) is 8.49. The van der Waals surface area contributed by atoms with Gasteiger partial charge in [0, 0.05) is 77.0 Å². The molecular weight excluding hydrogens is 326 g/mol. The third kappa shape index (κ3) is 4.83. The number of rotatable bonds is 8. The van der Waals surface area contributed by atoms with Crippen LogP contribution in [0.5, 0.6) is 0 Å². The van der Waals surface area contributed by atoms with Crippen LogP contribution < -0.4 is 0 Å². The Balaban J connectivity index is 1.33. The van der Waals surface area contributed by atoms with Crippen LogP contribution in [0.15, 0.2) is 10.2 Å². The van der Waals surface area contributed by atoms with Crippen LogP contribution in [-0.4, -0.2) is 77.6 Å². The molecule has 1 amide bonds. The molecule has 2 atom stereocenters. The van der Waals surface area contributed by atoms with E-state index in [9.17, 15) is 4.79 Å². The van der Waals surface area contributed by atoms with Gasteiger partial charge in [0.15, 0.2) is 5.66 Å². The highest BCUT2D eigenvalue weighted by atomic mass is 16.2. The average Bonchev–Trinajstić information content (AvgIpc) is 3.36. The van der Waals surface area contributed by atoms with E-state index in [4.69, 9.17) is 6.42 Å². The Morgan fingerprint density at radius 1 is 1.08 bits per heavy atom. The molecule has 0 aromatic rings. The Morgan fingerprint density at radius 2 is 1.73 bits per heavy atom. The minimum atomic E-state index is -0.340. The van der Waals surface area contributed by atoms with Gasteiger partial charge >= 0.3 is 0 Å². The summed E-state index contributed by atoms with van der Waals surface area (Å²) in [6, 6.07) is 1.43. The van der Waals surface area contributed by atoms with Gasteiger partial charge in [-0.3, -0.25) is 14.6 Å². The first-order valence-corrected chi connectivity index (χ1v) is 10.2. The number of piperazine rings is 1. The fourth-order valence-electron chi connectivity index (χ4n) is 4.30. The zero-order valence-corrected chi connectivity index (χ0v) is 16.4. The van der Waals surface area contributed by atoms with Gasteiger partial charge in [-0.2, -0.15) is 10.2 Å². The number of likely N-dealkylation sites (tertiary alicyclic amines) is 1. The SMILES string of the molecule is C#CCCC1(CCC(=O)N2CCN(CCN3C(C)CCC3C)CC2)N=N1. The van der Waals surface area contributed by atoms with Gasteiger partial charge in [0.25, 0.3) is 0 Å². The van der Waals surface area contributed by atoms with Crippen LogP contribution in [0.3, 0.4) is 0 Å². The first kappa shape index (κ1) is 19.3. The molecule has 0 radical (unpaired) electrons. The minimum Gasteiger partial charge on any atom is -0.340 e. The predicted molar refractivity (Wildman–Crippen MR) is 103 cm³/mol. The highest BCUT2D eigenvalue weighted by Crippen LogP contribution is 2.37. The molecule has 2 fully saturated rings. The number of carbonyl (C=O) groups excluding carboxylic acids is 1. The average molecular weight is 360 g/mol. The molecule has 3 aliphatic heterocycles. The lowest BCUT2D eigenvalue weighted by Crippen LogP contribution is -2.51. The summed E-state index contributed by atoms with van der Waals surface area (Å²) in [4.78, 5) is 19.6. The maximum Gasteiger partial charge on any atom is 0.222 e. The van der Waals surface area contributed by atoms with E-state index in [2.05, 4.69) is 39.8 Å². The summed E-state index contributed by atoms with van der Waals surface area (Å²) in [5.74, 6) is 2.87. The van der Waals surface area contributed by atoms with Gasteiger partial charge in [-0.05, 0) is 26.7 Å². The zero-order valence-electron chi connectivity index (χ0n) is 16.4. The maximum absolute atomic E-state index is 12.5. The second-order valence-electron chi connectivity index (χ2n) is 8.12. The van der Waals surface area contributed by atoms with E-state index in [0.29, 0.717) is 31.3 Å². The molecule has 0 aromatic carbocycles. The molecule has 6 nitrogen and oxygen atoms in total. The van der Waals surface area contributed by atoms with Crippen molar-refractivity contribution in [3.63, 3.8) is 0 Å². The van der Waals surface area contributed by atoms with Gasteiger partial charge in [0.05, 0.1) is 0 Å². The minimum absolute atomic E-state index is 0.240.